The van der Waals surface area contributed by atoms with Gasteiger partial charge in [0.25, 0.3) is 0 Å². The molecule has 5 aliphatic rings. The summed E-state index contributed by atoms with van der Waals surface area (Å²) in [5.41, 5.74) is -0.603. The van der Waals surface area contributed by atoms with Gasteiger partial charge in [-0.3, -0.25) is 4.79 Å². The maximum atomic E-state index is 12.1. The third-order valence-electron chi connectivity index (χ3n) is 6.80. The van der Waals surface area contributed by atoms with Crippen molar-refractivity contribution in [2.75, 3.05) is 0 Å². The van der Waals surface area contributed by atoms with Crippen molar-refractivity contribution < 1.29 is 28.8 Å². The molecule has 1 spiro atoms. The topological polar surface area (TPSA) is 63.2 Å². The third kappa shape index (κ3) is 2.56. The first-order valence-corrected chi connectivity index (χ1v) is 9.67. The number of ether oxygens (including phenoxy) is 3. The largest absolute Gasteiger partial charge is 0.435 e. The van der Waals surface area contributed by atoms with Crippen molar-refractivity contribution in [1.29, 1.82) is 0 Å². The molecule has 6 heteroatoms. The average Bonchev–Trinajstić information content (AvgIpc) is 2.78. The van der Waals surface area contributed by atoms with E-state index in [0.29, 0.717) is 11.8 Å². The van der Waals surface area contributed by atoms with Crippen LogP contribution in [0.15, 0.2) is 0 Å². The summed E-state index contributed by atoms with van der Waals surface area (Å²) < 4.78 is 18.1. The van der Waals surface area contributed by atoms with E-state index in [1.54, 1.807) is 0 Å². The standard InChI is InChI=1S/C19H30O6/c1-10(2)15(20)21-16-12(4)14-7-6-11(3)13-8-9-18(5)23-17(22-16)19(13,14)25-24-18/h10-14,16-17H,6-9H2,1-5H3/t11-,12-,13+,14+,16-,17-,18+,19-/m1/s1. The van der Waals surface area contributed by atoms with Gasteiger partial charge in [-0.25, -0.2) is 9.78 Å². The van der Waals surface area contributed by atoms with E-state index in [4.69, 9.17) is 24.0 Å². The average molecular weight is 354 g/mol. The molecule has 25 heavy (non-hydrogen) atoms. The Morgan fingerprint density at radius 2 is 1.88 bits per heavy atom. The summed E-state index contributed by atoms with van der Waals surface area (Å²) in [5.74, 6) is -0.166. The quantitative estimate of drug-likeness (QED) is 0.559. The molecule has 8 atom stereocenters. The molecule has 0 N–H and O–H groups in total. The SMILES string of the molecule is CC(C)C(=O)O[C@@H]1O[C@@H]2O[C@]3(C)CC[C@H]4[C@H](C)CC[C@@H]([C@H]1C)[C@@]24OO3. The maximum absolute atomic E-state index is 12.1. The lowest BCUT2D eigenvalue weighted by Gasteiger charge is -2.59. The van der Waals surface area contributed by atoms with Crippen molar-refractivity contribution in [2.45, 2.75) is 84.3 Å². The fourth-order valence-electron chi connectivity index (χ4n) is 5.26. The Balaban J connectivity index is 1.68. The van der Waals surface area contributed by atoms with Crippen LogP contribution in [0.4, 0.5) is 0 Å². The number of hydrogen-bond acceptors (Lipinski definition) is 6. The van der Waals surface area contributed by atoms with Crippen LogP contribution in [0.1, 0.15) is 60.3 Å². The summed E-state index contributed by atoms with van der Waals surface area (Å²) in [6, 6.07) is 0. The van der Waals surface area contributed by atoms with Crippen LogP contribution in [-0.2, 0) is 28.8 Å². The Morgan fingerprint density at radius 3 is 2.60 bits per heavy atom. The number of hydrogen-bond donors (Lipinski definition) is 0. The Labute approximate surface area is 149 Å². The lowest BCUT2D eigenvalue weighted by atomic mass is 9.58. The molecule has 0 aromatic heterocycles. The molecule has 4 heterocycles. The normalized spacial score (nSPS) is 51.8. The number of rotatable bonds is 2. The molecule has 0 aromatic rings. The van der Waals surface area contributed by atoms with Crippen LogP contribution in [0.5, 0.6) is 0 Å². The van der Waals surface area contributed by atoms with Gasteiger partial charge in [-0.15, -0.1) is 0 Å². The van der Waals surface area contributed by atoms with E-state index in [9.17, 15) is 4.79 Å². The van der Waals surface area contributed by atoms with Crippen molar-refractivity contribution in [3.05, 3.63) is 0 Å². The molecule has 0 aromatic carbocycles. The highest BCUT2D eigenvalue weighted by atomic mass is 17.3. The molecule has 4 saturated heterocycles. The second-order valence-electron chi connectivity index (χ2n) is 8.87. The van der Waals surface area contributed by atoms with Crippen molar-refractivity contribution in [2.24, 2.45) is 29.6 Å². The number of esters is 1. The zero-order chi connectivity index (χ0) is 18.0. The first kappa shape index (κ1) is 17.7. The Morgan fingerprint density at radius 1 is 1.12 bits per heavy atom. The molecular formula is C19H30O6. The molecule has 5 fully saturated rings. The molecule has 142 valence electrons. The van der Waals surface area contributed by atoms with Gasteiger partial charge in [0.05, 0.1) is 5.92 Å². The molecule has 4 aliphatic heterocycles. The van der Waals surface area contributed by atoms with Crippen LogP contribution < -0.4 is 0 Å². The van der Waals surface area contributed by atoms with Crippen molar-refractivity contribution in [1.82, 2.24) is 0 Å². The van der Waals surface area contributed by atoms with Gasteiger partial charge in [-0.05, 0) is 38.0 Å². The third-order valence-corrected chi connectivity index (χ3v) is 6.80. The summed E-state index contributed by atoms with van der Waals surface area (Å²) in [5, 5.41) is 0. The van der Waals surface area contributed by atoms with Crippen LogP contribution in [0.25, 0.3) is 0 Å². The summed E-state index contributed by atoms with van der Waals surface area (Å²) >= 11 is 0. The fourth-order valence-corrected chi connectivity index (χ4v) is 5.26. The van der Waals surface area contributed by atoms with Gasteiger partial charge in [0.1, 0.15) is 0 Å². The van der Waals surface area contributed by atoms with Crippen LogP contribution in [-0.4, -0.2) is 29.9 Å². The van der Waals surface area contributed by atoms with Gasteiger partial charge in [0, 0.05) is 18.3 Å². The van der Waals surface area contributed by atoms with Gasteiger partial charge >= 0.3 is 5.97 Å². The van der Waals surface area contributed by atoms with Gasteiger partial charge < -0.3 is 14.2 Å². The van der Waals surface area contributed by atoms with Crippen LogP contribution in [0.2, 0.25) is 0 Å². The minimum atomic E-state index is -0.801. The lowest BCUT2D eigenvalue weighted by Crippen LogP contribution is -2.70. The van der Waals surface area contributed by atoms with E-state index in [2.05, 4.69) is 13.8 Å². The first-order chi connectivity index (χ1) is 11.8. The molecule has 0 amide bonds. The fraction of sp³-hybridized carbons (Fsp3) is 0.947. The Bertz CT molecular complexity index is 550. The number of carbonyl (C=O) groups excluding carboxylic acids is 1. The van der Waals surface area contributed by atoms with Crippen LogP contribution in [0.3, 0.4) is 0 Å². The van der Waals surface area contributed by atoms with Crippen molar-refractivity contribution in [3.8, 4) is 0 Å². The zero-order valence-electron chi connectivity index (χ0n) is 15.8. The molecule has 5 rings (SSSR count). The van der Waals surface area contributed by atoms with Crippen LogP contribution >= 0.6 is 0 Å². The predicted octanol–water partition coefficient (Wildman–Crippen LogP) is 3.39. The molecule has 2 bridgehead atoms. The minimum absolute atomic E-state index is 0.0311. The Hall–Kier alpha value is -0.690. The highest BCUT2D eigenvalue weighted by Crippen LogP contribution is 2.60. The maximum Gasteiger partial charge on any atom is 0.310 e. The molecule has 6 nitrogen and oxygen atoms in total. The van der Waals surface area contributed by atoms with Gasteiger partial charge in [0.2, 0.25) is 12.1 Å². The monoisotopic (exact) mass is 354 g/mol. The summed E-state index contributed by atoms with van der Waals surface area (Å²) in [4.78, 5) is 24.0. The number of carbonyl (C=O) groups is 1. The van der Waals surface area contributed by atoms with Gasteiger partial charge in [-0.2, -0.15) is 0 Å². The minimum Gasteiger partial charge on any atom is -0.435 e. The lowest BCUT2D eigenvalue weighted by molar-refractivity contribution is -0.576. The Kier molecular flexibility index (Phi) is 4.19. The number of fused-ring (bicyclic) bond motifs is 2. The van der Waals surface area contributed by atoms with E-state index in [1.165, 1.54) is 0 Å². The predicted molar refractivity (Wildman–Crippen MR) is 87.8 cm³/mol. The summed E-state index contributed by atoms with van der Waals surface area (Å²) in [7, 11) is 0. The second-order valence-corrected chi connectivity index (χ2v) is 8.87. The van der Waals surface area contributed by atoms with E-state index >= 15 is 0 Å². The highest BCUT2D eigenvalue weighted by molar-refractivity contribution is 5.71. The molecule has 1 aliphatic carbocycles. The van der Waals surface area contributed by atoms with Gasteiger partial charge in [-0.1, -0.05) is 27.7 Å². The molecule has 1 saturated carbocycles. The van der Waals surface area contributed by atoms with Gasteiger partial charge in [0.15, 0.2) is 11.9 Å². The van der Waals surface area contributed by atoms with Crippen molar-refractivity contribution in [3.63, 3.8) is 0 Å². The van der Waals surface area contributed by atoms with E-state index in [1.807, 2.05) is 20.8 Å². The zero-order valence-corrected chi connectivity index (χ0v) is 15.8. The summed E-state index contributed by atoms with van der Waals surface area (Å²) in [6.45, 7) is 9.93. The molecular weight excluding hydrogens is 324 g/mol. The second kappa shape index (κ2) is 5.91. The van der Waals surface area contributed by atoms with E-state index in [0.717, 1.165) is 25.7 Å². The van der Waals surface area contributed by atoms with Crippen LogP contribution in [0, 0.1) is 29.6 Å². The van der Waals surface area contributed by atoms with E-state index < -0.39 is 24.0 Å². The smallest absolute Gasteiger partial charge is 0.310 e. The van der Waals surface area contributed by atoms with E-state index in [-0.39, 0.29) is 23.7 Å². The van der Waals surface area contributed by atoms with Crippen molar-refractivity contribution >= 4 is 5.97 Å². The summed E-state index contributed by atoms with van der Waals surface area (Å²) in [6.07, 6.45) is 2.75. The molecule has 0 unspecified atom stereocenters. The molecule has 0 radical (unpaired) electrons. The highest BCUT2D eigenvalue weighted by Gasteiger charge is 2.69. The first-order valence-electron chi connectivity index (χ1n) is 9.67.